The fourth-order valence-electron chi connectivity index (χ4n) is 6.28. The minimum Gasteiger partial charge on any atom is -0.512 e. The Morgan fingerprint density at radius 1 is 0.844 bits per heavy atom. The molecule has 0 bridgehead atoms. The molecule has 4 heteroatoms. The first kappa shape index (κ1) is 34.0. The third-order valence-electron chi connectivity index (χ3n) is 8.39. The number of benzene rings is 4. The number of aryl methyl sites for hydroxylation is 2. The summed E-state index contributed by atoms with van der Waals surface area (Å²) >= 11 is 0. The van der Waals surface area contributed by atoms with Crippen molar-refractivity contribution in [2.24, 2.45) is 0 Å². The van der Waals surface area contributed by atoms with Crippen LogP contribution in [0.15, 0.2) is 90.7 Å². The second-order valence-corrected chi connectivity index (χ2v) is 13.6. The summed E-state index contributed by atoms with van der Waals surface area (Å²) in [5.41, 5.74) is 14.7. The number of pyridine rings is 1. The molecule has 0 saturated carbocycles. The Kier molecular flexibility index (Phi) is 9.73. The quantitative estimate of drug-likeness (QED) is 0.113. The van der Waals surface area contributed by atoms with Gasteiger partial charge in [-0.25, -0.2) is 0 Å². The van der Waals surface area contributed by atoms with Gasteiger partial charge in [0.15, 0.2) is 5.78 Å². The summed E-state index contributed by atoms with van der Waals surface area (Å²) in [4.78, 5) is 15.3. The van der Waals surface area contributed by atoms with Crippen LogP contribution in [0.4, 0.5) is 0 Å². The summed E-state index contributed by atoms with van der Waals surface area (Å²) < 4.78 is 0. The number of aliphatic hydroxyl groups excluding tert-OH is 1. The van der Waals surface area contributed by atoms with E-state index in [1.807, 2.05) is 0 Å². The zero-order valence-corrected chi connectivity index (χ0v) is 30.1. The fourth-order valence-corrected chi connectivity index (χ4v) is 6.28. The Labute approximate surface area is 281 Å². The second kappa shape index (κ2) is 12.9. The first-order valence-electron chi connectivity index (χ1n) is 15.2. The van der Waals surface area contributed by atoms with Crippen LogP contribution in [0.3, 0.4) is 0 Å². The van der Waals surface area contributed by atoms with E-state index in [0.717, 1.165) is 22.3 Å². The van der Waals surface area contributed by atoms with Gasteiger partial charge in [-0.15, -0.1) is 34.9 Å². The topological polar surface area (TPSA) is 50.2 Å². The molecule has 0 spiro atoms. The minimum absolute atomic E-state index is 0. The number of fused-ring (bicyclic) bond motifs is 4. The van der Waals surface area contributed by atoms with Gasteiger partial charge in [-0.1, -0.05) is 103 Å². The standard InChI is InChI=1S/C36H34N.C5H8O2.Ir/c1-22-15-23(2)17-25(16-22)33-20-28(24-11-10-12-26(18-24)35(3,4)5)30-19-29-27-13-8-9-14-31(27)36(6,7)32(29)21-34(30)37-33;1-4(6)3-5(2)7;/h8-16,18-21H,1-7H3;3,6H,1-2H3;/q-1;;/b;4-3-;. The molecule has 3 nitrogen and oxygen atoms in total. The smallest absolute Gasteiger partial charge is 0.155 e. The van der Waals surface area contributed by atoms with Crippen molar-refractivity contribution >= 4 is 16.7 Å². The number of carbonyl (C=O) groups is 1. The van der Waals surface area contributed by atoms with E-state index < -0.39 is 0 Å². The number of ketones is 1. The summed E-state index contributed by atoms with van der Waals surface area (Å²) in [5.74, 6) is -0.0625. The van der Waals surface area contributed by atoms with Crippen LogP contribution in [0.5, 0.6) is 0 Å². The predicted molar refractivity (Wildman–Crippen MR) is 184 cm³/mol. The van der Waals surface area contributed by atoms with Crippen LogP contribution in [0.2, 0.25) is 0 Å². The SMILES string of the molecule is CC(=O)/C=C(/C)O.Cc1[c-]c(-c2cc(-c3cccc(C(C)(C)C)c3)c3cc4c(cc3n2)C(C)(C)c2ccccc2-4)cc(C)c1.[Ir]. The molecular formula is C41H42IrNO2-. The van der Waals surface area contributed by atoms with Crippen LogP contribution in [0.1, 0.15) is 76.3 Å². The average Bonchev–Trinajstić information content (AvgIpc) is 3.16. The number of allylic oxidation sites excluding steroid dienone is 2. The molecular weight excluding hydrogens is 731 g/mol. The molecule has 233 valence electrons. The van der Waals surface area contributed by atoms with Crippen molar-refractivity contribution in [1.82, 2.24) is 4.98 Å². The minimum atomic E-state index is -0.125. The Morgan fingerprint density at radius 2 is 1.56 bits per heavy atom. The van der Waals surface area contributed by atoms with Crippen molar-refractivity contribution in [2.75, 3.05) is 0 Å². The maximum atomic E-state index is 10.0. The van der Waals surface area contributed by atoms with Gasteiger partial charge in [-0.2, -0.15) is 0 Å². The van der Waals surface area contributed by atoms with Crippen molar-refractivity contribution in [2.45, 2.75) is 73.1 Å². The van der Waals surface area contributed by atoms with Crippen molar-refractivity contribution in [1.29, 1.82) is 0 Å². The summed E-state index contributed by atoms with van der Waals surface area (Å²) in [6.45, 7) is 18.6. The maximum absolute atomic E-state index is 10.0. The number of aromatic nitrogens is 1. The molecule has 4 aromatic carbocycles. The molecule has 0 saturated heterocycles. The normalized spacial score (nSPS) is 13.3. The molecule has 0 amide bonds. The van der Waals surface area contributed by atoms with Gasteiger partial charge in [0, 0.05) is 37.0 Å². The van der Waals surface area contributed by atoms with Gasteiger partial charge in [0.1, 0.15) is 0 Å². The molecule has 5 aromatic rings. The summed E-state index contributed by atoms with van der Waals surface area (Å²) in [6.07, 6.45) is 1.17. The first-order valence-corrected chi connectivity index (χ1v) is 15.2. The Bertz CT molecular complexity index is 1920. The van der Waals surface area contributed by atoms with Crippen molar-refractivity contribution in [3.05, 3.63) is 125 Å². The number of hydrogen-bond acceptors (Lipinski definition) is 3. The van der Waals surface area contributed by atoms with E-state index in [1.54, 1.807) is 0 Å². The third-order valence-corrected chi connectivity index (χ3v) is 8.39. The first-order chi connectivity index (χ1) is 20.6. The summed E-state index contributed by atoms with van der Waals surface area (Å²) in [6, 6.07) is 32.8. The van der Waals surface area contributed by atoms with E-state index in [0.29, 0.717) is 0 Å². The Balaban J connectivity index is 0.000000519. The Hall–Kier alpha value is -3.85. The molecule has 0 aliphatic heterocycles. The maximum Gasteiger partial charge on any atom is 0.155 e. The van der Waals surface area contributed by atoms with Gasteiger partial charge in [0.05, 0.1) is 11.3 Å². The molecule has 1 aromatic heterocycles. The summed E-state index contributed by atoms with van der Waals surface area (Å²) in [5, 5.41) is 9.56. The van der Waals surface area contributed by atoms with Gasteiger partial charge in [-0.05, 0) is 76.0 Å². The molecule has 45 heavy (non-hydrogen) atoms. The van der Waals surface area contributed by atoms with E-state index in [1.165, 1.54) is 69.8 Å². The molecule has 1 heterocycles. The number of hydrogen-bond donors (Lipinski definition) is 1. The van der Waals surface area contributed by atoms with Crippen LogP contribution in [0, 0.1) is 19.9 Å². The molecule has 1 aliphatic rings. The molecule has 0 fully saturated rings. The largest absolute Gasteiger partial charge is 0.512 e. The van der Waals surface area contributed by atoms with Gasteiger partial charge >= 0.3 is 0 Å². The zero-order chi connectivity index (χ0) is 32.0. The molecule has 0 atom stereocenters. The van der Waals surface area contributed by atoms with Gasteiger partial charge in [-0.3, -0.25) is 9.78 Å². The second-order valence-electron chi connectivity index (χ2n) is 13.6. The Morgan fingerprint density at radius 3 is 2.18 bits per heavy atom. The number of carbonyl (C=O) groups excluding carboxylic acids is 1. The van der Waals surface area contributed by atoms with E-state index in [9.17, 15) is 4.79 Å². The zero-order valence-electron chi connectivity index (χ0n) is 27.7. The predicted octanol–water partition coefficient (Wildman–Crippen LogP) is 10.6. The monoisotopic (exact) mass is 773 g/mol. The molecule has 1 aliphatic carbocycles. The number of aliphatic hydroxyl groups is 1. The molecule has 6 rings (SSSR count). The molecule has 1 radical (unpaired) electrons. The summed E-state index contributed by atoms with van der Waals surface area (Å²) in [7, 11) is 0. The van der Waals surface area contributed by atoms with Crippen LogP contribution in [-0.4, -0.2) is 15.9 Å². The van der Waals surface area contributed by atoms with E-state index in [-0.39, 0.29) is 42.5 Å². The van der Waals surface area contributed by atoms with E-state index in [2.05, 4.69) is 133 Å². The molecule has 1 N–H and O–H groups in total. The van der Waals surface area contributed by atoms with Crippen LogP contribution < -0.4 is 0 Å². The van der Waals surface area contributed by atoms with Crippen LogP contribution >= 0.6 is 0 Å². The average molecular weight is 773 g/mol. The number of rotatable bonds is 3. The third kappa shape index (κ3) is 7.03. The van der Waals surface area contributed by atoms with Crippen molar-refractivity contribution < 1.29 is 30.0 Å². The van der Waals surface area contributed by atoms with Crippen molar-refractivity contribution in [3.63, 3.8) is 0 Å². The van der Waals surface area contributed by atoms with Gasteiger partial charge in [0.25, 0.3) is 0 Å². The van der Waals surface area contributed by atoms with E-state index in [4.69, 9.17) is 10.1 Å². The molecule has 0 unspecified atom stereocenters. The van der Waals surface area contributed by atoms with Crippen LogP contribution in [-0.2, 0) is 35.7 Å². The number of nitrogens with zero attached hydrogens (tertiary/aromatic N) is 1. The van der Waals surface area contributed by atoms with E-state index >= 15 is 0 Å². The fraction of sp³-hybridized carbons (Fsp3) is 0.268. The van der Waals surface area contributed by atoms with Crippen LogP contribution in [0.25, 0.3) is 44.4 Å². The van der Waals surface area contributed by atoms with Gasteiger partial charge in [0.2, 0.25) is 0 Å². The van der Waals surface area contributed by atoms with Crippen molar-refractivity contribution in [3.8, 4) is 33.5 Å². The van der Waals surface area contributed by atoms with Gasteiger partial charge < -0.3 is 5.11 Å².